The summed E-state index contributed by atoms with van der Waals surface area (Å²) in [5.74, 6) is -0.485. The van der Waals surface area contributed by atoms with Crippen molar-refractivity contribution >= 4 is 29.1 Å². The van der Waals surface area contributed by atoms with Crippen molar-refractivity contribution in [1.29, 1.82) is 0 Å². The fourth-order valence-corrected chi connectivity index (χ4v) is 4.48. The van der Waals surface area contributed by atoms with Gasteiger partial charge >= 0.3 is 0 Å². The number of amides is 2. The zero-order valence-electron chi connectivity index (χ0n) is 19.8. The lowest BCUT2D eigenvalue weighted by Gasteiger charge is -2.27. The molecule has 1 saturated carbocycles. The van der Waals surface area contributed by atoms with Gasteiger partial charge in [-0.3, -0.25) is 14.4 Å². The summed E-state index contributed by atoms with van der Waals surface area (Å²) < 4.78 is 1.52. The summed E-state index contributed by atoms with van der Waals surface area (Å²) in [5.41, 5.74) is 9.15. The van der Waals surface area contributed by atoms with Crippen LogP contribution in [0.25, 0.3) is 5.70 Å². The van der Waals surface area contributed by atoms with Gasteiger partial charge in [0.1, 0.15) is 5.82 Å². The third kappa shape index (κ3) is 4.77. The van der Waals surface area contributed by atoms with E-state index in [9.17, 15) is 14.4 Å². The van der Waals surface area contributed by atoms with E-state index in [1.54, 1.807) is 29.2 Å². The first kappa shape index (κ1) is 23.0. The number of aromatic nitrogens is 2. The number of nitrogens with one attached hydrogen (secondary N) is 2. The Hall–Kier alpha value is -3.72. The van der Waals surface area contributed by atoms with Gasteiger partial charge in [0.25, 0.3) is 5.91 Å². The first-order chi connectivity index (χ1) is 16.9. The fourth-order valence-electron chi connectivity index (χ4n) is 4.48. The van der Waals surface area contributed by atoms with Crippen molar-refractivity contribution in [3.63, 3.8) is 0 Å². The molecule has 2 aromatic rings. The van der Waals surface area contributed by atoms with E-state index in [0.29, 0.717) is 42.4 Å². The Kier molecular flexibility index (Phi) is 6.25. The Bertz CT molecular complexity index is 1230. The van der Waals surface area contributed by atoms with Gasteiger partial charge in [0.2, 0.25) is 5.91 Å². The SMILES string of the molecule is CC1=CCC(C(=O)NC2CC2)C=C1n1ncc(C(=O)c2cccc(C(=O)N3CCNCC3)c2)c1N. The first-order valence-corrected chi connectivity index (χ1v) is 12.1. The van der Waals surface area contributed by atoms with Gasteiger partial charge in [0.05, 0.1) is 23.4 Å². The highest BCUT2D eigenvalue weighted by atomic mass is 16.2. The molecule has 0 bridgehead atoms. The Morgan fingerprint density at radius 3 is 2.63 bits per heavy atom. The van der Waals surface area contributed by atoms with Crippen LogP contribution in [0.3, 0.4) is 0 Å². The molecular weight excluding hydrogens is 444 g/mol. The number of anilines is 1. The molecule has 35 heavy (non-hydrogen) atoms. The van der Waals surface area contributed by atoms with Crippen LogP contribution < -0.4 is 16.4 Å². The molecule has 2 aliphatic carbocycles. The van der Waals surface area contributed by atoms with Gasteiger partial charge in [-0.15, -0.1) is 0 Å². The highest BCUT2D eigenvalue weighted by molar-refractivity contribution is 6.12. The third-order valence-electron chi connectivity index (χ3n) is 6.76. The maximum atomic E-state index is 13.3. The molecule has 0 spiro atoms. The topological polar surface area (TPSA) is 122 Å². The molecule has 2 heterocycles. The molecule has 1 aromatic heterocycles. The van der Waals surface area contributed by atoms with Gasteiger partial charge in [-0.1, -0.05) is 18.2 Å². The van der Waals surface area contributed by atoms with Gasteiger partial charge in [0, 0.05) is 43.3 Å². The van der Waals surface area contributed by atoms with Crippen LogP contribution in [-0.4, -0.2) is 64.5 Å². The van der Waals surface area contributed by atoms with E-state index in [0.717, 1.165) is 31.5 Å². The lowest BCUT2D eigenvalue weighted by atomic mass is 9.94. The van der Waals surface area contributed by atoms with Crippen molar-refractivity contribution in [1.82, 2.24) is 25.3 Å². The van der Waals surface area contributed by atoms with Gasteiger partial charge < -0.3 is 21.3 Å². The van der Waals surface area contributed by atoms with Crippen LogP contribution in [0.15, 0.2) is 48.2 Å². The molecule has 2 fully saturated rings. The van der Waals surface area contributed by atoms with Crippen LogP contribution in [0.2, 0.25) is 0 Å². The number of nitrogens with two attached hydrogens (primary N) is 1. The van der Waals surface area contributed by atoms with E-state index >= 15 is 0 Å². The van der Waals surface area contributed by atoms with Gasteiger partial charge in [-0.25, -0.2) is 4.68 Å². The molecule has 9 nitrogen and oxygen atoms in total. The molecule has 1 aromatic carbocycles. The van der Waals surface area contributed by atoms with E-state index in [-0.39, 0.29) is 34.9 Å². The lowest BCUT2D eigenvalue weighted by Crippen LogP contribution is -2.46. The number of carbonyl (C=O) groups excluding carboxylic acids is 3. The van der Waals surface area contributed by atoms with Crippen molar-refractivity contribution in [2.24, 2.45) is 5.92 Å². The van der Waals surface area contributed by atoms with Crippen LogP contribution in [-0.2, 0) is 4.79 Å². The number of nitrogen functional groups attached to an aromatic ring is 1. The number of hydrogen-bond acceptors (Lipinski definition) is 6. The first-order valence-electron chi connectivity index (χ1n) is 12.1. The van der Waals surface area contributed by atoms with Crippen molar-refractivity contribution < 1.29 is 14.4 Å². The van der Waals surface area contributed by atoms with Crippen molar-refractivity contribution in [2.75, 3.05) is 31.9 Å². The number of rotatable bonds is 6. The summed E-state index contributed by atoms with van der Waals surface area (Å²) in [6.45, 7) is 4.73. The number of hydrogen-bond donors (Lipinski definition) is 3. The number of nitrogens with zero attached hydrogens (tertiary/aromatic N) is 3. The summed E-state index contributed by atoms with van der Waals surface area (Å²) in [6.07, 6.45) is 8.00. The Labute approximate surface area is 204 Å². The maximum absolute atomic E-state index is 13.3. The molecule has 9 heteroatoms. The number of allylic oxidation sites excluding steroid dienone is 3. The van der Waals surface area contributed by atoms with Gasteiger partial charge in [0.15, 0.2) is 5.78 Å². The maximum Gasteiger partial charge on any atom is 0.253 e. The molecule has 0 radical (unpaired) electrons. The number of piperazine rings is 1. The zero-order valence-corrected chi connectivity index (χ0v) is 19.8. The summed E-state index contributed by atoms with van der Waals surface area (Å²) in [4.78, 5) is 40.6. The lowest BCUT2D eigenvalue weighted by molar-refractivity contribution is -0.123. The second-order valence-electron chi connectivity index (χ2n) is 9.37. The largest absolute Gasteiger partial charge is 0.383 e. The summed E-state index contributed by atoms with van der Waals surface area (Å²) in [6, 6.07) is 7.02. The van der Waals surface area contributed by atoms with E-state index < -0.39 is 0 Å². The predicted molar refractivity (Wildman–Crippen MR) is 133 cm³/mol. The van der Waals surface area contributed by atoms with Crippen LogP contribution in [0.4, 0.5) is 5.82 Å². The van der Waals surface area contributed by atoms with Gasteiger partial charge in [-0.2, -0.15) is 5.10 Å². The average Bonchev–Trinajstić information content (AvgIpc) is 3.62. The second kappa shape index (κ2) is 9.50. The average molecular weight is 475 g/mol. The monoisotopic (exact) mass is 474 g/mol. The predicted octanol–water partition coefficient (Wildman–Crippen LogP) is 1.83. The van der Waals surface area contributed by atoms with E-state index in [4.69, 9.17) is 5.73 Å². The van der Waals surface area contributed by atoms with Crippen molar-refractivity contribution in [2.45, 2.75) is 32.2 Å². The van der Waals surface area contributed by atoms with E-state index in [1.165, 1.54) is 10.9 Å². The van der Waals surface area contributed by atoms with E-state index in [2.05, 4.69) is 15.7 Å². The quantitative estimate of drug-likeness (QED) is 0.549. The third-order valence-corrected chi connectivity index (χ3v) is 6.76. The van der Waals surface area contributed by atoms with Crippen LogP contribution in [0.1, 0.15) is 52.5 Å². The van der Waals surface area contributed by atoms with Crippen molar-refractivity contribution in [3.05, 3.63) is 64.9 Å². The molecule has 1 saturated heterocycles. The normalized spacial score (nSPS) is 20.1. The summed E-state index contributed by atoms with van der Waals surface area (Å²) >= 11 is 0. The minimum absolute atomic E-state index is 0.00162. The van der Waals surface area contributed by atoms with Gasteiger partial charge in [-0.05, 0) is 50.0 Å². The molecule has 1 aliphatic heterocycles. The summed E-state index contributed by atoms with van der Waals surface area (Å²) in [7, 11) is 0. The van der Waals surface area contributed by atoms with Crippen LogP contribution >= 0.6 is 0 Å². The number of ketones is 1. The Morgan fingerprint density at radius 1 is 1.14 bits per heavy atom. The van der Waals surface area contributed by atoms with Crippen molar-refractivity contribution in [3.8, 4) is 0 Å². The minimum atomic E-state index is -0.301. The Balaban J connectivity index is 1.38. The molecule has 4 N–H and O–H groups in total. The smallest absolute Gasteiger partial charge is 0.253 e. The highest BCUT2D eigenvalue weighted by Crippen LogP contribution is 2.30. The minimum Gasteiger partial charge on any atom is -0.383 e. The zero-order chi connectivity index (χ0) is 24.5. The highest BCUT2D eigenvalue weighted by Gasteiger charge is 2.29. The summed E-state index contributed by atoms with van der Waals surface area (Å²) in [5, 5.41) is 10.7. The molecule has 1 unspecified atom stereocenters. The molecule has 1 atom stereocenters. The molecule has 2 amide bonds. The fraction of sp³-hybridized carbons (Fsp3) is 0.385. The molecule has 3 aliphatic rings. The van der Waals surface area contributed by atoms with E-state index in [1.807, 2.05) is 19.1 Å². The molecule has 5 rings (SSSR count). The number of carbonyl (C=O) groups is 3. The second-order valence-corrected chi connectivity index (χ2v) is 9.37. The molecular formula is C26H30N6O3. The van der Waals surface area contributed by atoms with Crippen LogP contribution in [0, 0.1) is 5.92 Å². The van der Waals surface area contributed by atoms with Crippen LogP contribution in [0.5, 0.6) is 0 Å². The standard InChI is InChI=1S/C26H30N6O3/c1-16-5-6-18(25(34)30-20-7-8-20)14-22(16)32-24(27)21(15-29-32)23(33)17-3-2-4-19(13-17)26(35)31-11-9-28-10-12-31/h2-5,13-15,18,20,28H,6-12,27H2,1H3,(H,30,34). The molecule has 182 valence electrons. The number of benzene rings is 1. The Morgan fingerprint density at radius 2 is 1.89 bits per heavy atom.